The Morgan fingerprint density at radius 1 is 1.04 bits per heavy atom. The number of fused-ring (bicyclic) bond motifs is 1. The first-order chi connectivity index (χ1) is 11.3. The summed E-state index contributed by atoms with van der Waals surface area (Å²) in [5.74, 6) is 1.67. The first kappa shape index (κ1) is 13.5. The van der Waals surface area contributed by atoms with Crippen LogP contribution in [0.2, 0.25) is 0 Å². The van der Waals surface area contributed by atoms with E-state index in [-0.39, 0.29) is 0 Å². The highest BCUT2D eigenvalue weighted by molar-refractivity contribution is 5.82. The second-order valence-electron chi connectivity index (χ2n) is 5.30. The van der Waals surface area contributed by atoms with Gasteiger partial charge in [0.2, 0.25) is 0 Å². The highest BCUT2D eigenvalue weighted by Crippen LogP contribution is 2.28. The van der Waals surface area contributed by atoms with Gasteiger partial charge in [-0.3, -0.25) is 10.1 Å². The van der Waals surface area contributed by atoms with Gasteiger partial charge in [-0.15, -0.1) is 0 Å². The molecule has 0 bridgehead atoms. The Balaban J connectivity index is 1.86. The number of hydrogen-bond donors (Lipinski definition) is 1. The van der Waals surface area contributed by atoms with E-state index in [1.165, 1.54) is 0 Å². The lowest BCUT2D eigenvalue weighted by molar-refractivity contribution is 0.415. The van der Waals surface area contributed by atoms with Crippen LogP contribution in [0, 0.1) is 0 Å². The molecule has 6 nitrogen and oxygen atoms in total. The zero-order valence-corrected chi connectivity index (χ0v) is 12.8. The molecule has 0 aliphatic heterocycles. The third-order valence-electron chi connectivity index (χ3n) is 3.92. The Kier molecular flexibility index (Phi) is 3.08. The summed E-state index contributed by atoms with van der Waals surface area (Å²) in [6.45, 7) is 0. The Morgan fingerprint density at radius 2 is 1.91 bits per heavy atom. The molecule has 0 aliphatic carbocycles. The molecule has 1 N–H and O–H groups in total. The van der Waals surface area contributed by atoms with Crippen LogP contribution in [0.5, 0.6) is 5.75 Å². The molecule has 0 unspecified atom stereocenters. The number of aryl methyl sites for hydroxylation is 1. The van der Waals surface area contributed by atoms with Gasteiger partial charge in [-0.1, -0.05) is 0 Å². The fourth-order valence-electron chi connectivity index (χ4n) is 2.69. The van der Waals surface area contributed by atoms with Gasteiger partial charge in [-0.25, -0.2) is 4.98 Å². The molecule has 4 aromatic rings. The van der Waals surface area contributed by atoms with E-state index in [0.717, 1.165) is 39.3 Å². The summed E-state index contributed by atoms with van der Waals surface area (Å²) in [7, 11) is 3.66. The van der Waals surface area contributed by atoms with E-state index >= 15 is 0 Å². The topological polar surface area (TPSA) is 68.6 Å². The molecule has 6 heteroatoms. The molecule has 0 saturated carbocycles. The summed E-state index contributed by atoms with van der Waals surface area (Å²) in [5, 5.41) is 6.81. The average molecular weight is 305 g/mol. The van der Waals surface area contributed by atoms with Crippen molar-refractivity contribution in [1.29, 1.82) is 0 Å². The molecular weight excluding hydrogens is 290 g/mol. The predicted molar refractivity (Wildman–Crippen MR) is 88.1 cm³/mol. The zero-order valence-electron chi connectivity index (χ0n) is 12.8. The van der Waals surface area contributed by atoms with Crippen molar-refractivity contribution >= 4 is 11.0 Å². The number of aromatic nitrogens is 5. The maximum absolute atomic E-state index is 5.27. The summed E-state index contributed by atoms with van der Waals surface area (Å²) in [6.07, 6.45) is 7.27. The maximum atomic E-state index is 5.27. The normalized spacial score (nSPS) is 11.0. The van der Waals surface area contributed by atoms with Crippen LogP contribution in [-0.2, 0) is 7.05 Å². The Morgan fingerprint density at radius 3 is 2.70 bits per heavy atom. The smallest absolute Gasteiger partial charge is 0.142 e. The number of imidazole rings is 1. The van der Waals surface area contributed by atoms with Crippen molar-refractivity contribution < 1.29 is 4.74 Å². The first-order valence-corrected chi connectivity index (χ1v) is 7.21. The van der Waals surface area contributed by atoms with Crippen LogP contribution in [-0.4, -0.2) is 31.8 Å². The molecule has 0 radical (unpaired) electrons. The Bertz CT molecular complexity index is 972. The highest BCUT2D eigenvalue weighted by Gasteiger charge is 2.12. The van der Waals surface area contributed by atoms with Gasteiger partial charge in [0.25, 0.3) is 0 Å². The Hall–Kier alpha value is -3.15. The molecule has 0 amide bonds. The summed E-state index contributed by atoms with van der Waals surface area (Å²) in [4.78, 5) is 9.08. The van der Waals surface area contributed by atoms with Crippen LogP contribution in [0.25, 0.3) is 33.5 Å². The van der Waals surface area contributed by atoms with Crippen molar-refractivity contribution in [2.45, 2.75) is 0 Å². The maximum Gasteiger partial charge on any atom is 0.142 e. The number of nitrogens with one attached hydrogen (secondary N) is 1. The molecule has 4 rings (SSSR count). The fourth-order valence-corrected chi connectivity index (χ4v) is 2.69. The largest absolute Gasteiger partial charge is 0.497 e. The van der Waals surface area contributed by atoms with Gasteiger partial charge in [0.05, 0.1) is 24.3 Å². The van der Waals surface area contributed by atoms with E-state index in [1.54, 1.807) is 13.3 Å². The van der Waals surface area contributed by atoms with Crippen LogP contribution in [0.3, 0.4) is 0 Å². The van der Waals surface area contributed by atoms with E-state index in [9.17, 15) is 0 Å². The molecule has 0 aliphatic rings. The molecular formula is C17H15N5O. The fraction of sp³-hybridized carbons (Fsp3) is 0.118. The van der Waals surface area contributed by atoms with Gasteiger partial charge in [0.1, 0.15) is 11.6 Å². The summed E-state index contributed by atoms with van der Waals surface area (Å²) in [6, 6.07) is 7.95. The molecule has 0 fully saturated rings. The minimum absolute atomic E-state index is 0.799. The van der Waals surface area contributed by atoms with Gasteiger partial charge in [-0.05, 0) is 18.2 Å². The Labute approximate surface area is 132 Å². The van der Waals surface area contributed by atoms with E-state index in [4.69, 9.17) is 9.72 Å². The molecule has 3 heterocycles. The lowest BCUT2D eigenvalue weighted by Crippen LogP contribution is -1.93. The average Bonchev–Trinajstić information content (AvgIpc) is 3.23. The number of pyridine rings is 1. The molecule has 114 valence electrons. The van der Waals surface area contributed by atoms with Gasteiger partial charge < -0.3 is 9.30 Å². The number of benzene rings is 1. The molecule has 23 heavy (non-hydrogen) atoms. The van der Waals surface area contributed by atoms with Gasteiger partial charge >= 0.3 is 0 Å². The molecule has 0 spiro atoms. The van der Waals surface area contributed by atoms with Crippen LogP contribution in [0.4, 0.5) is 0 Å². The lowest BCUT2D eigenvalue weighted by Gasteiger charge is -2.04. The third-order valence-corrected chi connectivity index (χ3v) is 3.92. The molecule has 0 atom stereocenters. The van der Waals surface area contributed by atoms with Crippen LogP contribution in [0.1, 0.15) is 0 Å². The standard InChI is InChI=1S/C17H15N5O/c1-22-16-4-3-14(23-2)6-15(16)21-17(22)12-5-11(7-18-8-12)13-9-19-20-10-13/h3-10H,1-2H3,(H,19,20). The molecule has 3 aromatic heterocycles. The van der Waals surface area contributed by atoms with Crippen LogP contribution < -0.4 is 4.74 Å². The van der Waals surface area contributed by atoms with E-state index < -0.39 is 0 Å². The van der Waals surface area contributed by atoms with Crippen molar-refractivity contribution in [1.82, 2.24) is 24.7 Å². The second kappa shape index (κ2) is 5.24. The minimum atomic E-state index is 0.799. The monoisotopic (exact) mass is 305 g/mol. The third kappa shape index (κ3) is 2.24. The van der Waals surface area contributed by atoms with Crippen molar-refractivity contribution in [2.24, 2.45) is 7.05 Å². The van der Waals surface area contributed by atoms with Crippen molar-refractivity contribution in [3.8, 4) is 28.3 Å². The van der Waals surface area contributed by atoms with Crippen molar-refractivity contribution in [3.63, 3.8) is 0 Å². The minimum Gasteiger partial charge on any atom is -0.497 e. The van der Waals surface area contributed by atoms with E-state index in [0.29, 0.717) is 0 Å². The van der Waals surface area contributed by atoms with Gasteiger partial charge in [-0.2, -0.15) is 5.10 Å². The van der Waals surface area contributed by atoms with Crippen LogP contribution >= 0.6 is 0 Å². The summed E-state index contributed by atoms with van der Waals surface area (Å²) in [5.41, 5.74) is 4.91. The van der Waals surface area contributed by atoms with Crippen LogP contribution in [0.15, 0.2) is 49.1 Å². The molecule has 0 saturated heterocycles. The van der Waals surface area contributed by atoms with Gasteiger partial charge in [0.15, 0.2) is 0 Å². The number of H-pyrrole nitrogens is 1. The van der Waals surface area contributed by atoms with E-state index in [2.05, 4.69) is 25.8 Å². The van der Waals surface area contributed by atoms with Gasteiger partial charge in [0, 0.05) is 48.4 Å². The number of nitrogens with zero attached hydrogens (tertiary/aromatic N) is 4. The van der Waals surface area contributed by atoms with E-state index in [1.807, 2.05) is 43.8 Å². The summed E-state index contributed by atoms with van der Waals surface area (Å²) < 4.78 is 7.33. The second-order valence-corrected chi connectivity index (χ2v) is 5.30. The number of ether oxygens (including phenoxy) is 1. The van der Waals surface area contributed by atoms with Crippen molar-refractivity contribution in [2.75, 3.05) is 7.11 Å². The predicted octanol–water partition coefficient (Wildman–Crippen LogP) is 3.03. The number of hydrogen-bond acceptors (Lipinski definition) is 4. The SMILES string of the molecule is COc1ccc2c(c1)nc(-c1cncc(-c3cn[nH]c3)c1)n2C. The summed E-state index contributed by atoms with van der Waals surface area (Å²) >= 11 is 0. The molecule has 1 aromatic carbocycles. The first-order valence-electron chi connectivity index (χ1n) is 7.21. The number of rotatable bonds is 3. The van der Waals surface area contributed by atoms with Crippen molar-refractivity contribution in [3.05, 3.63) is 49.1 Å². The number of methoxy groups -OCH3 is 1. The highest BCUT2D eigenvalue weighted by atomic mass is 16.5. The zero-order chi connectivity index (χ0) is 15.8. The number of aromatic amines is 1. The quantitative estimate of drug-likeness (QED) is 0.631. The lowest BCUT2D eigenvalue weighted by atomic mass is 10.1.